The van der Waals surface area contributed by atoms with Gasteiger partial charge in [-0.15, -0.1) is 11.3 Å². The Balaban J connectivity index is 1.44. The Bertz CT molecular complexity index is 1280. The Hall–Kier alpha value is -3.06. The van der Waals surface area contributed by atoms with Gasteiger partial charge in [0.1, 0.15) is 30.0 Å². The van der Waals surface area contributed by atoms with Crippen LogP contribution in [0, 0.1) is 0 Å². The van der Waals surface area contributed by atoms with Crippen LogP contribution in [-0.4, -0.2) is 48.0 Å². The minimum atomic E-state index is -0.278. The van der Waals surface area contributed by atoms with Crippen molar-refractivity contribution < 1.29 is 19.7 Å². The molecule has 1 aromatic heterocycles. The van der Waals surface area contributed by atoms with Gasteiger partial charge in [-0.1, -0.05) is 18.6 Å². The molecule has 188 valence electrons. The molecule has 0 bridgehead atoms. The van der Waals surface area contributed by atoms with Crippen LogP contribution >= 0.6 is 11.3 Å². The van der Waals surface area contributed by atoms with Gasteiger partial charge < -0.3 is 19.7 Å². The van der Waals surface area contributed by atoms with Crippen LogP contribution in [0.15, 0.2) is 66.7 Å². The number of ether oxygens (including phenoxy) is 2. The van der Waals surface area contributed by atoms with Crippen molar-refractivity contribution >= 4 is 21.4 Å². The predicted molar refractivity (Wildman–Crippen MR) is 146 cm³/mol. The molecule has 1 saturated heterocycles. The van der Waals surface area contributed by atoms with Crippen molar-refractivity contribution in [3.8, 4) is 27.7 Å². The lowest BCUT2D eigenvalue weighted by Gasteiger charge is -2.26. The monoisotopic (exact) mass is 503 g/mol. The summed E-state index contributed by atoms with van der Waals surface area (Å²) in [6.07, 6.45) is 3.64. The number of piperidine rings is 1. The van der Waals surface area contributed by atoms with Crippen LogP contribution in [0.3, 0.4) is 0 Å². The van der Waals surface area contributed by atoms with E-state index in [9.17, 15) is 10.2 Å². The standard InChI is InChI=1S/C30H33NO4S/c1-2-34-29(21-8-13-25(14-9-21)35-19-18-31-16-4-3-5-17-31)28-26-15-12-24(33)20-27(26)36-30(28)22-6-10-23(32)11-7-22/h6-15,20,29,32-33H,2-5,16-19H2,1H3. The fourth-order valence-corrected chi connectivity index (χ4v) is 6.19. The maximum atomic E-state index is 10.1. The molecule has 3 aromatic carbocycles. The average molecular weight is 504 g/mol. The zero-order valence-electron chi connectivity index (χ0n) is 20.7. The van der Waals surface area contributed by atoms with Gasteiger partial charge in [0.05, 0.1) is 0 Å². The number of phenolic OH excluding ortho intramolecular Hbond substituents is 2. The van der Waals surface area contributed by atoms with Crippen LogP contribution in [0.5, 0.6) is 17.2 Å². The van der Waals surface area contributed by atoms with Crippen LogP contribution in [0.2, 0.25) is 0 Å². The third-order valence-corrected chi connectivity index (χ3v) is 7.96. The molecule has 4 aromatic rings. The van der Waals surface area contributed by atoms with Crippen LogP contribution in [0.25, 0.3) is 20.5 Å². The molecule has 0 amide bonds. The largest absolute Gasteiger partial charge is 0.508 e. The van der Waals surface area contributed by atoms with Gasteiger partial charge in [-0.2, -0.15) is 0 Å². The first-order valence-electron chi connectivity index (χ1n) is 12.7. The lowest BCUT2D eigenvalue weighted by atomic mass is 9.95. The summed E-state index contributed by atoms with van der Waals surface area (Å²) >= 11 is 1.62. The minimum absolute atomic E-state index is 0.233. The molecule has 1 aliphatic heterocycles. The van der Waals surface area contributed by atoms with Gasteiger partial charge in [0, 0.05) is 28.3 Å². The first-order chi connectivity index (χ1) is 17.6. The molecule has 0 spiro atoms. The Kier molecular flexibility index (Phi) is 7.75. The molecule has 2 heterocycles. The molecule has 1 atom stereocenters. The first kappa shape index (κ1) is 24.6. The van der Waals surface area contributed by atoms with Gasteiger partial charge >= 0.3 is 0 Å². The molecular weight excluding hydrogens is 470 g/mol. The number of thiophene rings is 1. The highest BCUT2D eigenvalue weighted by Gasteiger charge is 2.24. The quantitative estimate of drug-likeness (QED) is 0.258. The van der Waals surface area contributed by atoms with E-state index in [4.69, 9.17) is 9.47 Å². The first-order valence-corrected chi connectivity index (χ1v) is 13.6. The van der Waals surface area contributed by atoms with E-state index in [1.165, 1.54) is 32.4 Å². The van der Waals surface area contributed by atoms with E-state index in [1.54, 1.807) is 35.6 Å². The Morgan fingerprint density at radius 2 is 1.61 bits per heavy atom. The molecule has 1 fully saturated rings. The number of likely N-dealkylation sites (tertiary alicyclic amines) is 1. The zero-order valence-corrected chi connectivity index (χ0v) is 21.5. The molecule has 0 radical (unpaired) electrons. The molecule has 0 aliphatic carbocycles. The number of phenols is 2. The topological polar surface area (TPSA) is 62.2 Å². The van der Waals surface area contributed by atoms with Gasteiger partial charge in [-0.3, -0.25) is 4.90 Å². The van der Waals surface area contributed by atoms with E-state index in [2.05, 4.69) is 17.0 Å². The van der Waals surface area contributed by atoms with Crippen molar-refractivity contribution in [1.82, 2.24) is 4.90 Å². The lowest BCUT2D eigenvalue weighted by Crippen LogP contribution is -2.33. The smallest absolute Gasteiger partial charge is 0.119 e. The van der Waals surface area contributed by atoms with E-state index >= 15 is 0 Å². The number of hydrogen-bond acceptors (Lipinski definition) is 6. The molecule has 5 rings (SSSR count). The molecule has 5 nitrogen and oxygen atoms in total. The van der Waals surface area contributed by atoms with Crippen molar-refractivity contribution in [1.29, 1.82) is 0 Å². The molecule has 6 heteroatoms. The summed E-state index contributed by atoms with van der Waals surface area (Å²) in [6, 6.07) is 21.0. The summed E-state index contributed by atoms with van der Waals surface area (Å²) in [4.78, 5) is 3.55. The second kappa shape index (κ2) is 11.3. The summed E-state index contributed by atoms with van der Waals surface area (Å²) in [7, 11) is 0. The van der Waals surface area contributed by atoms with Gasteiger partial charge in [0.2, 0.25) is 0 Å². The predicted octanol–water partition coefficient (Wildman–Crippen LogP) is 6.97. The molecule has 0 saturated carbocycles. The molecular formula is C30H33NO4S. The fourth-order valence-electron chi connectivity index (χ4n) is 4.92. The second-order valence-electron chi connectivity index (χ2n) is 9.23. The van der Waals surface area contributed by atoms with Crippen LogP contribution in [0.1, 0.15) is 43.4 Å². The lowest BCUT2D eigenvalue weighted by molar-refractivity contribution is 0.0928. The second-order valence-corrected chi connectivity index (χ2v) is 10.3. The maximum Gasteiger partial charge on any atom is 0.119 e. The summed E-state index contributed by atoms with van der Waals surface area (Å²) < 4.78 is 13.4. The zero-order chi connectivity index (χ0) is 24.9. The van der Waals surface area contributed by atoms with Crippen LogP contribution in [-0.2, 0) is 4.74 Å². The van der Waals surface area contributed by atoms with E-state index < -0.39 is 0 Å². The highest BCUT2D eigenvalue weighted by atomic mass is 32.1. The number of hydrogen-bond donors (Lipinski definition) is 2. The van der Waals surface area contributed by atoms with Crippen molar-refractivity contribution in [2.75, 3.05) is 32.8 Å². The van der Waals surface area contributed by atoms with Gasteiger partial charge in [0.25, 0.3) is 0 Å². The molecule has 1 aliphatic rings. The maximum absolute atomic E-state index is 10.1. The minimum Gasteiger partial charge on any atom is -0.508 e. The van der Waals surface area contributed by atoms with E-state index in [1.807, 2.05) is 37.3 Å². The molecule has 1 unspecified atom stereocenters. The van der Waals surface area contributed by atoms with E-state index in [-0.39, 0.29) is 17.6 Å². The Morgan fingerprint density at radius 3 is 2.33 bits per heavy atom. The molecule has 36 heavy (non-hydrogen) atoms. The summed E-state index contributed by atoms with van der Waals surface area (Å²) in [6.45, 7) is 6.57. The summed E-state index contributed by atoms with van der Waals surface area (Å²) in [5.41, 5.74) is 3.13. The number of aromatic hydroxyl groups is 2. The van der Waals surface area contributed by atoms with Crippen molar-refractivity contribution in [3.63, 3.8) is 0 Å². The van der Waals surface area contributed by atoms with Gasteiger partial charge in [-0.05, 0) is 104 Å². The van der Waals surface area contributed by atoms with E-state index in [0.29, 0.717) is 13.2 Å². The number of nitrogens with zero attached hydrogens (tertiary/aromatic N) is 1. The highest BCUT2D eigenvalue weighted by Crippen LogP contribution is 2.46. The van der Waals surface area contributed by atoms with Crippen molar-refractivity contribution in [3.05, 3.63) is 77.9 Å². The molecule has 2 N–H and O–H groups in total. The number of fused-ring (bicyclic) bond motifs is 1. The van der Waals surface area contributed by atoms with Crippen molar-refractivity contribution in [2.45, 2.75) is 32.3 Å². The van der Waals surface area contributed by atoms with Crippen LogP contribution < -0.4 is 4.74 Å². The SMILES string of the molecule is CCOC(c1ccc(OCCN2CCCCC2)cc1)c1c(-c2ccc(O)cc2)sc2cc(O)ccc12. The van der Waals surface area contributed by atoms with Crippen molar-refractivity contribution in [2.24, 2.45) is 0 Å². The third kappa shape index (κ3) is 5.51. The number of benzene rings is 3. The van der Waals surface area contributed by atoms with Crippen LogP contribution in [0.4, 0.5) is 0 Å². The summed E-state index contributed by atoms with van der Waals surface area (Å²) in [5, 5.41) is 21.0. The average Bonchev–Trinajstić information content (AvgIpc) is 3.27. The third-order valence-electron chi connectivity index (χ3n) is 6.74. The van der Waals surface area contributed by atoms with Gasteiger partial charge in [-0.25, -0.2) is 0 Å². The Morgan fingerprint density at radius 1 is 0.889 bits per heavy atom. The van der Waals surface area contributed by atoms with Gasteiger partial charge in [0.15, 0.2) is 0 Å². The Labute approximate surface area is 216 Å². The fraction of sp³-hybridized carbons (Fsp3) is 0.333. The highest BCUT2D eigenvalue weighted by molar-refractivity contribution is 7.22. The van der Waals surface area contributed by atoms with E-state index in [0.717, 1.165) is 43.9 Å². The normalized spacial score (nSPS) is 15.2. The number of rotatable bonds is 9. The summed E-state index contributed by atoms with van der Waals surface area (Å²) in [5.74, 6) is 1.34.